The summed E-state index contributed by atoms with van der Waals surface area (Å²) in [6, 6.07) is 9.31. The number of hydrogen-bond donors (Lipinski definition) is 1. The Morgan fingerprint density at radius 2 is 1.95 bits per heavy atom. The van der Waals surface area contributed by atoms with Crippen LogP contribution in [-0.2, 0) is 11.2 Å². The molecular weight excluding hydrogens is 246 g/mol. The fraction of sp³-hybridized carbons (Fsp3) is 0.667. The van der Waals surface area contributed by atoms with Crippen LogP contribution in [0.15, 0.2) is 24.3 Å². The third-order valence-corrected chi connectivity index (χ3v) is 4.73. The summed E-state index contributed by atoms with van der Waals surface area (Å²) in [5.41, 5.74) is 2.77. The maximum Gasteiger partial charge on any atom is 0.0872 e. The van der Waals surface area contributed by atoms with Gasteiger partial charge in [-0.25, -0.2) is 0 Å². The zero-order valence-corrected chi connectivity index (χ0v) is 13.2. The Morgan fingerprint density at radius 1 is 1.20 bits per heavy atom. The van der Waals surface area contributed by atoms with Gasteiger partial charge in [-0.15, -0.1) is 0 Å². The molecule has 1 saturated carbocycles. The molecule has 112 valence electrons. The van der Waals surface area contributed by atoms with Crippen molar-refractivity contribution in [3.8, 4) is 0 Å². The number of benzene rings is 1. The summed E-state index contributed by atoms with van der Waals surface area (Å²) in [7, 11) is 1.89. The maximum absolute atomic E-state index is 6.06. The van der Waals surface area contributed by atoms with Crippen LogP contribution in [0.5, 0.6) is 0 Å². The predicted molar refractivity (Wildman–Crippen MR) is 85.1 cm³/mol. The van der Waals surface area contributed by atoms with E-state index in [0.29, 0.717) is 6.04 Å². The average Bonchev–Trinajstić information content (AvgIpc) is 2.53. The molecule has 1 fully saturated rings. The van der Waals surface area contributed by atoms with E-state index >= 15 is 0 Å². The summed E-state index contributed by atoms with van der Waals surface area (Å²) in [4.78, 5) is 0. The molecule has 0 aromatic heterocycles. The van der Waals surface area contributed by atoms with E-state index in [2.05, 4.69) is 43.4 Å². The van der Waals surface area contributed by atoms with Gasteiger partial charge in [0.2, 0.25) is 0 Å². The lowest BCUT2D eigenvalue weighted by Gasteiger charge is -2.43. The highest BCUT2D eigenvalue weighted by atomic mass is 16.5. The molecule has 0 radical (unpaired) electrons. The highest BCUT2D eigenvalue weighted by Crippen LogP contribution is 2.41. The highest BCUT2D eigenvalue weighted by Gasteiger charge is 2.40. The van der Waals surface area contributed by atoms with Crippen LogP contribution in [0.4, 0.5) is 0 Å². The van der Waals surface area contributed by atoms with Gasteiger partial charge in [-0.2, -0.15) is 0 Å². The molecule has 0 bridgehead atoms. The van der Waals surface area contributed by atoms with Gasteiger partial charge >= 0.3 is 0 Å². The predicted octanol–water partition coefficient (Wildman–Crippen LogP) is 4.25. The standard InChI is InChI=1S/C18H29NO/c1-4-15-10-9-11-16(14-15)17(19-5-2)18(20-3)12-7-6-8-13-18/h9-11,14,17,19H,4-8,12-13H2,1-3H3. The van der Waals surface area contributed by atoms with Crippen molar-refractivity contribution in [2.24, 2.45) is 0 Å². The lowest BCUT2D eigenvalue weighted by molar-refractivity contribution is -0.0684. The first-order valence-corrected chi connectivity index (χ1v) is 8.13. The van der Waals surface area contributed by atoms with E-state index in [1.807, 2.05) is 7.11 Å². The van der Waals surface area contributed by atoms with Crippen LogP contribution in [0.2, 0.25) is 0 Å². The van der Waals surface area contributed by atoms with Crippen LogP contribution in [0.25, 0.3) is 0 Å². The van der Waals surface area contributed by atoms with E-state index in [1.165, 1.54) is 30.4 Å². The third kappa shape index (κ3) is 3.24. The summed E-state index contributed by atoms with van der Waals surface area (Å²) in [6.07, 6.45) is 7.33. The number of rotatable bonds is 6. The van der Waals surface area contributed by atoms with Crippen molar-refractivity contribution in [2.45, 2.75) is 64.0 Å². The smallest absolute Gasteiger partial charge is 0.0872 e. The monoisotopic (exact) mass is 275 g/mol. The number of ether oxygens (including phenoxy) is 1. The lowest BCUT2D eigenvalue weighted by Crippen LogP contribution is -2.47. The maximum atomic E-state index is 6.06. The van der Waals surface area contributed by atoms with E-state index in [-0.39, 0.29) is 5.60 Å². The van der Waals surface area contributed by atoms with Gasteiger partial charge in [-0.1, -0.05) is 57.4 Å². The second kappa shape index (κ2) is 7.24. The van der Waals surface area contributed by atoms with Crippen molar-refractivity contribution < 1.29 is 4.74 Å². The van der Waals surface area contributed by atoms with Gasteiger partial charge in [0.15, 0.2) is 0 Å². The number of likely N-dealkylation sites (N-methyl/N-ethyl adjacent to an activating group) is 1. The van der Waals surface area contributed by atoms with Crippen molar-refractivity contribution in [1.29, 1.82) is 0 Å². The molecule has 1 atom stereocenters. The zero-order chi connectivity index (χ0) is 14.4. The van der Waals surface area contributed by atoms with E-state index in [4.69, 9.17) is 4.74 Å². The second-order valence-electron chi connectivity index (χ2n) is 5.92. The minimum atomic E-state index is -0.0272. The van der Waals surface area contributed by atoms with Gasteiger partial charge in [0.1, 0.15) is 0 Å². The van der Waals surface area contributed by atoms with Gasteiger partial charge in [-0.3, -0.25) is 0 Å². The van der Waals surface area contributed by atoms with Crippen molar-refractivity contribution in [2.75, 3.05) is 13.7 Å². The normalized spacial score (nSPS) is 19.8. The van der Waals surface area contributed by atoms with Gasteiger partial charge < -0.3 is 10.1 Å². The van der Waals surface area contributed by atoms with E-state index < -0.39 is 0 Å². The van der Waals surface area contributed by atoms with Crippen LogP contribution in [-0.4, -0.2) is 19.3 Å². The lowest BCUT2D eigenvalue weighted by atomic mass is 9.76. The van der Waals surface area contributed by atoms with Crippen molar-refractivity contribution in [3.63, 3.8) is 0 Å². The number of hydrogen-bond acceptors (Lipinski definition) is 2. The van der Waals surface area contributed by atoms with Crippen LogP contribution < -0.4 is 5.32 Å². The van der Waals surface area contributed by atoms with Gasteiger partial charge in [0.05, 0.1) is 11.6 Å². The Hall–Kier alpha value is -0.860. The Kier molecular flexibility index (Phi) is 5.62. The third-order valence-electron chi connectivity index (χ3n) is 4.73. The molecule has 20 heavy (non-hydrogen) atoms. The molecular formula is C18H29NO. The molecule has 0 aliphatic heterocycles. The van der Waals surface area contributed by atoms with Crippen LogP contribution >= 0.6 is 0 Å². The Bertz CT molecular complexity index is 410. The molecule has 1 aromatic carbocycles. The first-order chi connectivity index (χ1) is 9.75. The van der Waals surface area contributed by atoms with Crippen molar-refractivity contribution >= 4 is 0 Å². The minimum Gasteiger partial charge on any atom is -0.376 e. The van der Waals surface area contributed by atoms with Gasteiger partial charge in [0.25, 0.3) is 0 Å². The van der Waals surface area contributed by atoms with Gasteiger partial charge in [-0.05, 0) is 36.9 Å². The largest absolute Gasteiger partial charge is 0.376 e. The molecule has 2 nitrogen and oxygen atoms in total. The summed E-state index contributed by atoms with van der Waals surface area (Å²) in [6.45, 7) is 5.38. The molecule has 2 rings (SSSR count). The fourth-order valence-electron chi connectivity index (χ4n) is 3.57. The molecule has 1 aromatic rings. The number of methoxy groups -OCH3 is 1. The zero-order valence-electron chi connectivity index (χ0n) is 13.2. The Morgan fingerprint density at radius 3 is 2.55 bits per heavy atom. The first kappa shape index (κ1) is 15.5. The van der Waals surface area contributed by atoms with E-state index in [1.54, 1.807) is 0 Å². The molecule has 1 aliphatic carbocycles. The molecule has 1 unspecified atom stereocenters. The molecule has 0 amide bonds. The SMILES string of the molecule is CCNC(c1cccc(CC)c1)C1(OC)CCCCC1. The van der Waals surface area contributed by atoms with Crippen molar-refractivity contribution in [3.05, 3.63) is 35.4 Å². The van der Waals surface area contributed by atoms with Crippen molar-refractivity contribution in [1.82, 2.24) is 5.32 Å². The molecule has 0 heterocycles. The van der Waals surface area contributed by atoms with Crippen LogP contribution in [0.1, 0.15) is 63.1 Å². The topological polar surface area (TPSA) is 21.3 Å². The summed E-state index contributed by atoms with van der Waals surface area (Å²) < 4.78 is 6.06. The molecule has 0 spiro atoms. The number of nitrogens with one attached hydrogen (secondary N) is 1. The quantitative estimate of drug-likeness (QED) is 0.838. The second-order valence-corrected chi connectivity index (χ2v) is 5.92. The fourth-order valence-corrected chi connectivity index (χ4v) is 3.57. The Labute approximate surface area is 123 Å². The van der Waals surface area contributed by atoms with E-state index in [9.17, 15) is 0 Å². The summed E-state index contributed by atoms with van der Waals surface area (Å²) in [5, 5.41) is 3.69. The summed E-state index contributed by atoms with van der Waals surface area (Å²) >= 11 is 0. The first-order valence-electron chi connectivity index (χ1n) is 8.13. The van der Waals surface area contributed by atoms with Crippen LogP contribution in [0, 0.1) is 0 Å². The Balaban J connectivity index is 2.32. The average molecular weight is 275 g/mol. The van der Waals surface area contributed by atoms with Crippen LogP contribution in [0.3, 0.4) is 0 Å². The number of aryl methyl sites for hydroxylation is 1. The minimum absolute atomic E-state index is 0.0272. The molecule has 0 saturated heterocycles. The van der Waals surface area contributed by atoms with Gasteiger partial charge in [0, 0.05) is 7.11 Å². The molecule has 1 aliphatic rings. The molecule has 2 heteroatoms. The summed E-state index contributed by atoms with van der Waals surface area (Å²) in [5.74, 6) is 0. The van der Waals surface area contributed by atoms with E-state index in [0.717, 1.165) is 25.8 Å². The highest BCUT2D eigenvalue weighted by molar-refractivity contribution is 5.28. The molecule has 1 N–H and O–H groups in total.